The van der Waals surface area contributed by atoms with Gasteiger partial charge < -0.3 is 13.9 Å². The molecular weight excluding hydrogens is 1070 g/mol. The average molecular weight is 1140 g/mol. The molecule has 0 atom stereocenters. The summed E-state index contributed by atoms with van der Waals surface area (Å²) in [5, 5.41) is 2.03. The van der Waals surface area contributed by atoms with Crippen LogP contribution in [0.2, 0.25) is 0 Å². The molecule has 5 nitrogen and oxygen atoms in total. The van der Waals surface area contributed by atoms with Gasteiger partial charge in [-0.15, -0.1) is 29.7 Å². The van der Waals surface area contributed by atoms with Gasteiger partial charge in [0.25, 0.3) is 6.33 Å². The van der Waals surface area contributed by atoms with Gasteiger partial charge in [0, 0.05) is 45.6 Å². The molecule has 0 aliphatic rings. The fourth-order valence-corrected chi connectivity index (χ4v) is 9.85. The van der Waals surface area contributed by atoms with Crippen molar-refractivity contribution in [2.75, 3.05) is 0 Å². The molecule has 0 saturated carbocycles. The van der Waals surface area contributed by atoms with Gasteiger partial charge in [-0.1, -0.05) is 188 Å². The van der Waals surface area contributed by atoms with E-state index in [0.717, 1.165) is 71.8 Å². The third-order valence-corrected chi connectivity index (χ3v) is 13.8. The molecule has 0 amide bonds. The molecule has 11 aromatic rings. The number of hydrogen-bond donors (Lipinski definition) is 0. The summed E-state index contributed by atoms with van der Waals surface area (Å²) < 4.78 is 66.9. The van der Waals surface area contributed by atoms with Crippen molar-refractivity contribution in [2.24, 2.45) is 0 Å². The summed E-state index contributed by atoms with van der Waals surface area (Å²) in [5.74, 6) is 0.866. The third-order valence-electron chi connectivity index (χ3n) is 13.8. The molecule has 0 radical (unpaired) electrons. The molecule has 8 aromatic carbocycles. The van der Waals surface area contributed by atoms with E-state index in [0.29, 0.717) is 47.1 Å². The molecule has 6 heteroatoms. The van der Waals surface area contributed by atoms with Gasteiger partial charge in [0.05, 0.1) is 23.6 Å². The third kappa shape index (κ3) is 9.48. The van der Waals surface area contributed by atoms with Crippen LogP contribution in [0.15, 0.2) is 188 Å². The topological polar surface area (TPSA) is 35.9 Å². The van der Waals surface area contributed by atoms with Crippen molar-refractivity contribution < 1.29 is 38.6 Å². The summed E-state index contributed by atoms with van der Waals surface area (Å²) in [6.07, 6.45) is 6.87. The van der Waals surface area contributed by atoms with Gasteiger partial charge >= 0.3 is 0 Å². The van der Waals surface area contributed by atoms with E-state index in [2.05, 4.69) is 139 Å². The Hall–Kier alpha value is -7.33. The molecule has 3 aromatic heterocycles. The van der Waals surface area contributed by atoms with Crippen LogP contribution in [-0.2, 0) is 31.9 Å². The van der Waals surface area contributed by atoms with E-state index in [1.807, 2.05) is 100 Å². The van der Waals surface area contributed by atoms with Gasteiger partial charge in [-0.25, -0.2) is 4.98 Å². The van der Waals surface area contributed by atoms with E-state index < -0.39 is 24.0 Å². The molecule has 11 rings (SSSR count). The number of rotatable bonds is 11. The molecule has 0 bridgehead atoms. The van der Waals surface area contributed by atoms with Crippen LogP contribution in [0.1, 0.15) is 99.0 Å². The van der Waals surface area contributed by atoms with Gasteiger partial charge in [-0.3, -0.25) is 4.57 Å². The van der Waals surface area contributed by atoms with E-state index in [-0.39, 0.29) is 49.5 Å². The standard InChI is InChI=1S/C67H60N4O.Pt/c1-9-45(10-2)49-35-36-68-64(40-49)71-60-30-18-17-27-58(60)59-33-32-55(43-62(59)71)72-54-26-19-25-53(42-54)69-44-70(63-39-48(31-34-61(63)69)46-21-13-11-14-22-46)65-56(47-23-15-12-16-24-47)28-20-29-57(65)50-37-51(66(3,4)5)41-52(38-50)67(6,7)8;/h11-41,45H,9-10H2,1-8H3;/q-2;/i12D,15D,16D,23D,24D,45D;. The van der Waals surface area contributed by atoms with Crippen molar-refractivity contribution in [3.05, 3.63) is 223 Å². The number of pyridine rings is 1. The summed E-state index contributed by atoms with van der Waals surface area (Å²) >= 11 is 0. The molecule has 0 spiro atoms. The van der Waals surface area contributed by atoms with Crippen molar-refractivity contribution >= 4 is 32.8 Å². The number of ether oxygens (including phenoxy) is 1. The first-order chi connectivity index (χ1) is 37.3. The summed E-state index contributed by atoms with van der Waals surface area (Å²) in [5.41, 5.74) is 11.5. The average Bonchev–Trinajstić information content (AvgIpc) is 4.19. The maximum Gasteiger partial charge on any atom is 0.268 e. The minimum atomic E-state index is -0.745. The number of hydrogen-bond acceptors (Lipinski definition) is 2. The van der Waals surface area contributed by atoms with E-state index >= 15 is 0 Å². The first-order valence-electron chi connectivity index (χ1n) is 27.8. The maximum absolute atomic E-state index is 9.35. The number of para-hydroxylation sites is 2. The maximum atomic E-state index is 9.35. The Labute approximate surface area is 453 Å². The zero-order valence-electron chi connectivity index (χ0n) is 48.4. The Morgan fingerprint density at radius 2 is 1.30 bits per heavy atom. The Morgan fingerprint density at radius 3 is 2.03 bits per heavy atom. The molecule has 0 aliphatic heterocycles. The molecule has 73 heavy (non-hydrogen) atoms. The van der Waals surface area contributed by atoms with E-state index in [9.17, 15) is 4.11 Å². The summed E-state index contributed by atoms with van der Waals surface area (Å²) in [6, 6.07) is 56.1. The molecule has 0 fully saturated rings. The largest absolute Gasteiger partial charge is 0.510 e. The van der Waals surface area contributed by atoms with Crippen molar-refractivity contribution in [1.29, 1.82) is 0 Å². The van der Waals surface area contributed by atoms with Gasteiger partial charge in [0.2, 0.25) is 0 Å². The zero-order chi connectivity index (χ0) is 55.0. The zero-order valence-corrected chi connectivity index (χ0v) is 44.7. The van der Waals surface area contributed by atoms with E-state index in [4.69, 9.17) is 13.8 Å². The smallest absolute Gasteiger partial charge is 0.268 e. The van der Waals surface area contributed by atoms with Gasteiger partial charge in [0.15, 0.2) is 0 Å². The molecule has 0 N–H and O–H groups in total. The minimum Gasteiger partial charge on any atom is -0.510 e. The summed E-state index contributed by atoms with van der Waals surface area (Å²) in [7, 11) is 0. The van der Waals surface area contributed by atoms with Gasteiger partial charge in [-0.05, 0) is 115 Å². The van der Waals surface area contributed by atoms with Crippen LogP contribution in [-0.4, -0.2) is 14.1 Å². The Kier molecular flexibility index (Phi) is 11.5. The number of fused-ring (bicyclic) bond motifs is 4. The van der Waals surface area contributed by atoms with Crippen LogP contribution in [0.4, 0.5) is 0 Å². The predicted molar refractivity (Wildman–Crippen MR) is 297 cm³/mol. The second-order valence-corrected chi connectivity index (χ2v) is 20.5. The predicted octanol–water partition coefficient (Wildman–Crippen LogP) is 17.1. The number of aromatic nitrogens is 4. The summed E-state index contributed by atoms with van der Waals surface area (Å²) in [6.45, 7) is 17.3. The normalized spacial score (nSPS) is 13.3. The second kappa shape index (κ2) is 19.9. The molecule has 0 saturated heterocycles. The van der Waals surface area contributed by atoms with Crippen molar-refractivity contribution in [1.82, 2.24) is 14.1 Å². The second-order valence-electron chi connectivity index (χ2n) is 20.5. The van der Waals surface area contributed by atoms with E-state index in [1.165, 1.54) is 0 Å². The van der Waals surface area contributed by atoms with Crippen LogP contribution in [0.3, 0.4) is 0 Å². The quantitative estimate of drug-likeness (QED) is 0.0956. The van der Waals surface area contributed by atoms with Crippen LogP contribution >= 0.6 is 0 Å². The van der Waals surface area contributed by atoms with Crippen molar-refractivity contribution in [3.63, 3.8) is 0 Å². The molecule has 0 unspecified atom stereocenters. The van der Waals surface area contributed by atoms with Crippen LogP contribution in [0.5, 0.6) is 11.5 Å². The monoisotopic (exact) mass is 1140 g/mol. The molecule has 366 valence electrons. The number of benzene rings is 8. The fraction of sp³-hybridized carbons (Fsp3) is 0.194. The van der Waals surface area contributed by atoms with Gasteiger partial charge in [0.1, 0.15) is 5.82 Å². The van der Waals surface area contributed by atoms with Crippen molar-refractivity contribution in [3.8, 4) is 62.1 Å². The summed E-state index contributed by atoms with van der Waals surface area (Å²) in [4.78, 5) is 4.85. The van der Waals surface area contributed by atoms with E-state index in [1.54, 1.807) is 6.20 Å². The number of nitrogens with zero attached hydrogens (tertiary/aromatic N) is 4. The van der Waals surface area contributed by atoms with Crippen LogP contribution in [0.25, 0.3) is 83.4 Å². The van der Waals surface area contributed by atoms with Gasteiger partial charge in [-0.2, -0.15) is 18.2 Å². The van der Waals surface area contributed by atoms with Crippen molar-refractivity contribution in [2.45, 2.75) is 85.0 Å². The molecule has 0 aliphatic carbocycles. The Bertz CT molecular complexity index is 4090. The molecular formula is C67H60N4OPt-2. The first kappa shape index (κ1) is 42.2. The fourth-order valence-electron chi connectivity index (χ4n) is 9.85. The molecule has 3 heterocycles. The first-order valence-corrected chi connectivity index (χ1v) is 24.8. The minimum absolute atomic E-state index is 0. The number of imidazole rings is 1. The Balaban J connectivity index is 0.00000704. The Morgan fingerprint density at radius 1 is 0.616 bits per heavy atom. The van der Waals surface area contributed by atoms with Crippen LogP contribution in [0, 0.1) is 18.5 Å². The SMILES string of the molecule is [2H]c1c([2H])c([2H])c(-c2cccc(-c3cc(C(C)(C)C)cc(C(C)(C)C)c3)c2-[n+]2[c-]n(-c3[c-]c(Oc4[c-]c5c(cc4)c4ccccc4n5-c4cc(C([2H])(CC)CC)ccn4)ccc3)c3ccc(-c4ccccc4)cc32)c([2H])c1[2H].[Pt]. The van der Waals surface area contributed by atoms with Crippen LogP contribution < -0.4 is 9.30 Å².